The van der Waals surface area contributed by atoms with E-state index < -0.39 is 0 Å². The lowest BCUT2D eigenvalue weighted by atomic mass is 10.0. The van der Waals surface area contributed by atoms with Crippen molar-refractivity contribution in [1.29, 1.82) is 0 Å². The van der Waals surface area contributed by atoms with Crippen molar-refractivity contribution in [3.8, 4) is 0 Å². The molecule has 1 aromatic carbocycles. The maximum Gasteiger partial charge on any atom is 0.229 e. The van der Waals surface area contributed by atoms with E-state index in [9.17, 15) is 9.59 Å². The third-order valence-corrected chi connectivity index (χ3v) is 2.98. The van der Waals surface area contributed by atoms with Crippen molar-refractivity contribution in [1.82, 2.24) is 0 Å². The van der Waals surface area contributed by atoms with E-state index in [2.05, 4.69) is 10.6 Å². The molecule has 2 N–H and O–H groups in total. The highest BCUT2D eigenvalue weighted by Gasteiger charge is 2.21. The van der Waals surface area contributed by atoms with Gasteiger partial charge in [0.1, 0.15) is 0 Å². The number of nitrogens with one attached hydrogen (secondary N) is 2. The van der Waals surface area contributed by atoms with Crippen LogP contribution in [-0.2, 0) is 14.3 Å². The predicted molar refractivity (Wildman–Crippen MR) is 72.9 cm³/mol. The van der Waals surface area contributed by atoms with E-state index in [-0.39, 0.29) is 17.7 Å². The highest BCUT2D eigenvalue weighted by Crippen LogP contribution is 2.19. The number of amides is 2. The van der Waals surface area contributed by atoms with E-state index in [0.717, 1.165) is 19.4 Å². The number of carbonyl (C=O) groups is 2. The van der Waals surface area contributed by atoms with Crippen molar-refractivity contribution in [2.45, 2.75) is 19.8 Å². The molecule has 19 heavy (non-hydrogen) atoms. The number of hydrogen-bond donors (Lipinski definition) is 2. The van der Waals surface area contributed by atoms with E-state index in [1.165, 1.54) is 6.92 Å². The molecule has 5 nitrogen and oxygen atoms in total. The van der Waals surface area contributed by atoms with E-state index in [1.54, 1.807) is 24.3 Å². The van der Waals surface area contributed by atoms with Crippen LogP contribution in [0.1, 0.15) is 19.8 Å². The van der Waals surface area contributed by atoms with Gasteiger partial charge in [-0.1, -0.05) is 6.07 Å². The first-order chi connectivity index (χ1) is 9.15. The van der Waals surface area contributed by atoms with Crippen LogP contribution in [0, 0.1) is 5.92 Å². The molecule has 1 unspecified atom stereocenters. The van der Waals surface area contributed by atoms with Gasteiger partial charge in [-0.15, -0.1) is 0 Å². The SMILES string of the molecule is CC(=O)Nc1cccc(NC(=O)C2CCCOC2)c1. The summed E-state index contributed by atoms with van der Waals surface area (Å²) in [6, 6.07) is 7.11. The Morgan fingerprint density at radius 3 is 2.63 bits per heavy atom. The van der Waals surface area contributed by atoms with Gasteiger partial charge in [0.2, 0.25) is 11.8 Å². The summed E-state index contributed by atoms with van der Waals surface area (Å²) in [5.41, 5.74) is 1.35. The van der Waals surface area contributed by atoms with Crippen LogP contribution in [0.2, 0.25) is 0 Å². The second-order valence-electron chi connectivity index (χ2n) is 4.67. The summed E-state index contributed by atoms with van der Waals surface area (Å²) in [4.78, 5) is 23.0. The van der Waals surface area contributed by atoms with Crippen molar-refractivity contribution in [2.75, 3.05) is 23.8 Å². The molecular formula is C14H18N2O3. The number of ether oxygens (including phenoxy) is 1. The number of benzene rings is 1. The zero-order valence-electron chi connectivity index (χ0n) is 10.9. The van der Waals surface area contributed by atoms with Crippen LogP contribution < -0.4 is 10.6 Å². The standard InChI is InChI=1S/C14H18N2O3/c1-10(17)15-12-5-2-6-13(8-12)16-14(18)11-4-3-7-19-9-11/h2,5-6,8,11H,3-4,7,9H2,1H3,(H,15,17)(H,16,18). The van der Waals surface area contributed by atoms with Crippen LogP contribution >= 0.6 is 0 Å². The summed E-state index contributed by atoms with van der Waals surface area (Å²) in [5.74, 6) is -0.248. The maximum atomic E-state index is 12.0. The molecule has 0 saturated carbocycles. The molecule has 1 heterocycles. The van der Waals surface area contributed by atoms with Gasteiger partial charge in [-0.3, -0.25) is 9.59 Å². The zero-order chi connectivity index (χ0) is 13.7. The number of anilines is 2. The van der Waals surface area contributed by atoms with Gasteiger partial charge in [-0.05, 0) is 31.0 Å². The third-order valence-electron chi connectivity index (χ3n) is 2.98. The molecule has 102 valence electrons. The minimum atomic E-state index is -0.135. The molecule has 0 aliphatic carbocycles. The Hall–Kier alpha value is -1.88. The highest BCUT2D eigenvalue weighted by atomic mass is 16.5. The predicted octanol–water partition coefficient (Wildman–Crippen LogP) is 2.01. The molecule has 1 fully saturated rings. The second kappa shape index (κ2) is 6.33. The highest BCUT2D eigenvalue weighted by molar-refractivity contribution is 5.94. The Bertz CT molecular complexity index is 468. The normalized spacial score (nSPS) is 18.7. The third kappa shape index (κ3) is 4.06. The molecule has 5 heteroatoms. The van der Waals surface area contributed by atoms with Gasteiger partial charge in [0.25, 0.3) is 0 Å². The average Bonchev–Trinajstić information content (AvgIpc) is 2.39. The quantitative estimate of drug-likeness (QED) is 0.875. The largest absolute Gasteiger partial charge is 0.381 e. The first kappa shape index (κ1) is 13.5. The van der Waals surface area contributed by atoms with Gasteiger partial charge in [0.05, 0.1) is 12.5 Å². The minimum Gasteiger partial charge on any atom is -0.381 e. The van der Waals surface area contributed by atoms with Crippen LogP contribution in [0.5, 0.6) is 0 Å². The molecule has 1 atom stereocenters. The van der Waals surface area contributed by atoms with E-state index in [0.29, 0.717) is 18.0 Å². The molecular weight excluding hydrogens is 244 g/mol. The van der Waals surface area contributed by atoms with Gasteiger partial charge >= 0.3 is 0 Å². The molecule has 1 saturated heterocycles. The lowest BCUT2D eigenvalue weighted by Gasteiger charge is -2.21. The monoisotopic (exact) mass is 262 g/mol. The second-order valence-corrected chi connectivity index (χ2v) is 4.67. The van der Waals surface area contributed by atoms with E-state index in [1.807, 2.05) is 0 Å². The minimum absolute atomic E-state index is 0.0281. The van der Waals surface area contributed by atoms with Crippen molar-refractivity contribution < 1.29 is 14.3 Å². The summed E-state index contributed by atoms with van der Waals surface area (Å²) in [6.07, 6.45) is 1.78. The molecule has 2 rings (SSSR count). The van der Waals surface area contributed by atoms with Crippen LogP contribution in [0.3, 0.4) is 0 Å². The van der Waals surface area contributed by atoms with Crippen LogP contribution in [-0.4, -0.2) is 25.0 Å². The van der Waals surface area contributed by atoms with Gasteiger partial charge in [0, 0.05) is 24.9 Å². The van der Waals surface area contributed by atoms with Gasteiger partial charge in [-0.2, -0.15) is 0 Å². The number of rotatable bonds is 3. The summed E-state index contributed by atoms with van der Waals surface area (Å²) in [6.45, 7) is 2.67. The summed E-state index contributed by atoms with van der Waals surface area (Å²) in [7, 11) is 0. The fourth-order valence-corrected chi connectivity index (χ4v) is 2.07. The Kier molecular flexibility index (Phi) is 4.52. The molecule has 1 aliphatic heterocycles. The molecule has 0 aromatic heterocycles. The zero-order valence-corrected chi connectivity index (χ0v) is 10.9. The summed E-state index contributed by atoms with van der Waals surface area (Å²) < 4.78 is 5.30. The lowest BCUT2D eigenvalue weighted by Crippen LogP contribution is -2.30. The molecule has 2 amide bonds. The Morgan fingerprint density at radius 2 is 2.00 bits per heavy atom. The maximum absolute atomic E-state index is 12.0. The Morgan fingerprint density at radius 1 is 1.26 bits per heavy atom. The molecule has 0 spiro atoms. The lowest BCUT2D eigenvalue weighted by molar-refractivity contribution is -0.123. The van der Waals surface area contributed by atoms with Gasteiger partial charge in [-0.25, -0.2) is 0 Å². The molecule has 1 aromatic rings. The van der Waals surface area contributed by atoms with Crippen molar-refractivity contribution in [3.05, 3.63) is 24.3 Å². The number of hydrogen-bond acceptors (Lipinski definition) is 3. The van der Waals surface area contributed by atoms with Crippen LogP contribution in [0.4, 0.5) is 11.4 Å². The number of carbonyl (C=O) groups excluding carboxylic acids is 2. The molecule has 0 bridgehead atoms. The Labute approximate surface area is 112 Å². The van der Waals surface area contributed by atoms with Crippen molar-refractivity contribution in [2.24, 2.45) is 5.92 Å². The smallest absolute Gasteiger partial charge is 0.229 e. The first-order valence-electron chi connectivity index (χ1n) is 6.41. The van der Waals surface area contributed by atoms with Crippen LogP contribution in [0.25, 0.3) is 0 Å². The van der Waals surface area contributed by atoms with Crippen molar-refractivity contribution >= 4 is 23.2 Å². The van der Waals surface area contributed by atoms with E-state index >= 15 is 0 Å². The molecule has 1 aliphatic rings. The van der Waals surface area contributed by atoms with Gasteiger partial charge in [0.15, 0.2) is 0 Å². The Balaban J connectivity index is 1.97. The van der Waals surface area contributed by atoms with Crippen LogP contribution in [0.15, 0.2) is 24.3 Å². The topological polar surface area (TPSA) is 67.4 Å². The molecule has 0 radical (unpaired) electrons. The van der Waals surface area contributed by atoms with Gasteiger partial charge < -0.3 is 15.4 Å². The average molecular weight is 262 g/mol. The summed E-state index contributed by atoms with van der Waals surface area (Å²) >= 11 is 0. The fourth-order valence-electron chi connectivity index (χ4n) is 2.07. The first-order valence-corrected chi connectivity index (χ1v) is 6.41. The fraction of sp³-hybridized carbons (Fsp3) is 0.429. The van der Waals surface area contributed by atoms with Crippen molar-refractivity contribution in [3.63, 3.8) is 0 Å². The summed E-state index contributed by atoms with van der Waals surface area (Å²) in [5, 5.41) is 5.54. The van der Waals surface area contributed by atoms with E-state index in [4.69, 9.17) is 4.74 Å².